The number of hydrogen-bond donors (Lipinski definition) is 1. The van der Waals surface area contributed by atoms with Crippen molar-refractivity contribution in [1.82, 2.24) is 0 Å². The lowest BCUT2D eigenvalue weighted by Gasteiger charge is -2.35. The Morgan fingerprint density at radius 2 is 1.16 bits per heavy atom. The van der Waals surface area contributed by atoms with Crippen molar-refractivity contribution < 1.29 is 18.5 Å². The van der Waals surface area contributed by atoms with Gasteiger partial charge in [-0.1, -0.05) is 76.7 Å². The van der Waals surface area contributed by atoms with E-state index < -0.39 is 7.60 Å². The van der Waals surface area contributed by atoms with E-state index in [0.29, 0.717) is 17.5 Å². The molecule has 2 atom stereocenters. The molecular formula is C27H55NO3P+. The van der Waals surface area contributed by atoms with Crippen molar-refractivity contribution in [2.45, 2.75) is 122 Å². The van der Waals surface area contributed by atoms with Gasteiger partial charge in [0.05, 0.1) is 27.7 Å². The zero-order valence-corrected chi connectivity index (χ0v) is 23.0. The minimum absolute atomic E-state index is 0.339. The van der Waals surface area contributed by atoms with E-state index in [-0.39, 0.29) is 5.78 Å². The fourth-order valence-electron chi connectivity index (χ4n) is 3.94. The number of rotatable bonds is 22. The first-order chi connectivity index (χ1) is 15.3. The quantitative estimate of drug-likeness (QED) is 0.0742. The zero-order chi connectivity index (χ0) is 24.1. The molecule has 0 rings (SSSR count). The van der Waals surface area contributed by atoms with E-state index in [9.17, 15) is 9.46 Å². The predicted octanol–water partition coefficient (Wildman–Crippen LogP) is 8.61. The van der Waals surface area contributed by atoms with Gasteiger partial charge in [-0.2, -0.15) is 0 Å². The molecule has 5 heteroatoms. The van der Waals surface area contributed by atoms with Crippen LogP contribution in [0.25, 0.3) is 0 Å². The Kier molecular flexibility index (Phi) is 19.7. The summed E-state index contributed by atoms with van der Waals surface area (Å²) in [5.74, 6) is -0.339. The van der Waals surface area contributed by atoms with Crippen molar-refractivity contribution in [1.29, 1.82) is 0 Å². The first-order valence-electron chi connectivity index (χ1n) is 13.3. The Morgan fingerprint density at radius 3 is 1.62 bits per heavy atom. The third kappa shape index (κ3) is 18.1. The fraction of sp³-hybridized carbons (Fsp3) is 0.852. The molecule has 1 N–H and O–H groups in total. The standard InChI is InChI=1S/C27H54NO3P/c1-6-8-9-10-11-12-13-14-15-16-17-18-19-20-21-22-23-24-26-31-32(29,30)27(25-7-2)28(3,4)5/h9-10,15-16,27H,6-8,11-14,17-26H2,1-5H3/p+1. The molecule has 0 aromatic heterocycles. The lowest BCUT2D eigenvalue weighted by Crippen LogP contribution is -2.45. The van der Waals surface area contributed by atoms with Crippen LogP contribution in [0.3, 0.4) is 0 Å². The maximum Gasteiger partial charge on any atom is 0.385 e. The summed E-state index contributed by atoms with van der Waals surface area (Å²) in [6.07, 6.45) is 28.0. The van der Waals surface area contributed by atoms with Crippen LogP contribution in [0.5, 0.6) is 0 Å². The highest BCUT2D eigenvalue weighted by atomic mass is 31.2. The number of unbranched alkanes of at least 4 members (excludes halogenated alkanes) is 11. The van der Waals surface area contributed by atoms with Crippen LogP contribution >= 0.6 is 7.60 Å². The van der Waals surface area contributed by atoms with Gasteiger partial charge in [-0.05, 0) is 57.8 Å². The van der Waals surface area contributed by atoms with E-state index in [1.165, 1.54) is 77.0 Å². The van der Waals surface area contributed by atoms with Crippen LogP contribution in [0, 0.1) is 0 Å². The van der Waals surface area contributed by atoms with Gasteiger partial charge in [0.15, 0.2) is 5.78 Å². The number of quaternary nitrogens is 1. The molecule has 4 nitrogen and oxygen atoms in total. The van der Waals surface area contributed by atoms with Crippen molar-refractivity contribution >= 4 is 7.60 Å². The largest absolute Gasteiger partial charge is 0.385 e. The molecule has 0 fully saturated rings. The molecule has 0 radical (unpaired) electrons. The molecule has 0 spiro atoms. The van der Waals surface area contributed by atoms with E-state index in [1.54, 1.807) is 0 Å². The average Bonchev–Trinajstić information content (AvgIpc) is 2.72. The Balaban J connectivity index is 3.58. The van der Waals surface area contributed by atoms with Crippen LogP contribution in [-0.2, 0) is 9.09 Å². The third-order valence-corrected chi connectivity index (χ3v) is 8.15. The molecule has 0 aliphatic heterocycles. The first kappa shape index (κ1) is 31.6. The molecule has 0 aliphatic rings. The van der Waals surface area contributed by atoms with Gasteiger partial charge in [0.25, 0.3) is 0 Å². The molecule has 2 unspecified atom stereocenters. The minimum atomic E-state index is -3.57. The van der Waals surface area contributed by atoms with Crippen LogP contribution < -0.4 is 0 Å². The second kappa shape index (κ2) is 20.0. The normalized spacial score (nSPS) is 15.6. The Labute approximate surface area is 200 Å². The summed E-state index contributed by atoms with van der Waals surface area (Å²) in [4.78, 5) is 10.4. The van der Waals surface area contributed by atoms with Gasteiger partial charge in [-0.15, -0.1) is 0 Å². The molecule has 0 aliphatic carbocycles. The van der Waals surface area contributed by atoms with Gasteiger partial charge in [-0.25, -0.2) is 0 Å². The Hall–Kier alpha value is -0.410. The van der Waals surface area contributed by atoms with Crippen LogP contribution in [-0.4, -0.2) is 42.9 Å². The summed E-state index contributed by atoms with van der Waals surface area (Å²) in [7, 11) is 2.34. The van der Waals surface area contributed by atoms with Crippen LogP contribution in [0.15, 0.2) is 24.3 Å². The van der Waals surface area contributed by atoms with Crippen molar-refractivity contribution in [3.05, 3.63) is 24.3 Å². The summed E-state index contributed by atoms with van der Waals surface area (Å²) >= 11 is 0. The molecule has 0 aromatic carbocycles. The minimum Gasteiger partial charge on any atom is -0.320 e. The highest BCUT2D eigenvalue weighted by molar-refractivity contribution is 7.53. The molecule has 0 saturated heterocycles. The van der Waals surface area contributed by atoms with E-state index in [1.807, 2.05) is 28.1 Å². The summed E-state index contributed by atoms with van der Waals surface area (Å²) in [5, 5.41) is 0. The second-order valence-corrected chi connectivity index (χ2v) is 12.0. The molecule has 0 aromatic rings. The van der Waals surface area contributed by atoms with Gasteiger partial charge >= 0.3 is 7.60 Å². The second-order valence-electron chi connectivity index (χ2n) is 10.1. The maximum absolute atomic E-state index is 12.6. The van der Waals surface area contributed by atoms with Gasteiger partial charge in [0.2, 0.25) is 0 Å². The van der Waals surface area contributed by atoms with Crippen molar-refractivity contribution in [3.8, 4) is 0 Å². The summed E-state index contributed by atoms with van der Waals surface area (Å²) in [6.45, 7) is 4.67. The maximum atomic E-state index is 12.6. The summed E-state index contributed by atoms with van der Waals surface area (Å²) in [6, 6.07) is 0. The molecule has 32 heavy (non-hydrogen) atoms. The lowest BCUT2D eigenvalue weighted by molar-refractivity contribution is -0.883. The highest BCUT2D eigenvalue weighted by Gasteiger charge is 2.41. The number of nitrogens with zero attached hydrogens (tertiary/aromatic N) is 1. The molecule has 0 amide bonds. The topological polar surface area (TPSA) is 46.5 Å². The SMILES string of the molecule is CCCC=CCCCCC=CCCCCCCCCCOP(=O)(O)C(CCC)[N+](C)(C)C. The summed E-state index contributed by atoms with van der Waals surface area (Å²) in [5.41, 5.74) is 0. The average molecular weight is 473 g/mol. The smallest absolute Gasteiger partial charge is 0.320 e. The number of allylic oxidation sites excluding steroid dienone is 4. The van der Waals surface area contributed by atoms with Crippen molar-refractivity contribution in [2.24, 2.45) is 0 Å². The fourth-order valence-corrected chi connectivity index (χ4v) is 5.96. The van der Waals surface area contributed by atoms with Gasteiger partial charge < -0.3 is 13.9 Å². The molecule has 190 valence electrons. The van der Waals surface area contributed by atoms with Crippen molar-refractivity contribution in [3.63, 3.8) is 0 Å². The van der Waals surface area contributed by atoms with E-state index >= 15 is 0 Å². The van der Waals surface area contributed by atoms with Crippen molar-refractivity contribution in [2.75, 3.05) is 27.7 Å². The van der Waals surface area contributed by atoms with Crippen LogP contribution in [0.1, 0.15) is 117 Å². The molecular weight excluding hydrogens is 417 g/mol. The van der Waals surface area contributed by atoms with Crippen LogP contribution in [0.2, 0.25) is 0 Å². The molecule has 0 bridgehead atoms. The predicted molar refractivity (Wildman–Crippen MR) is 141 cm³/mol. The molecule has 0 saturated carbocycles. The Morgan fingerprint density at radius 1 is 0.719 bits per heavy atom. The van der Waals surface area contributed by atoms with Gasteiger partial charge in [0.1, 0.15) is 0 Å². The van der Waals surface area contributed by atoms with E-state index in [2.05, 4.69) is 31.2 Å². The Bertz CT molecular complexity index is 525. The van der Waals surface area contributed by atoms with E-state index in [0.717, 1.165) is 19.3 Å². The van der Waals surface area contributed by atoms with Crippen LogP contribution in [0.4, 0.5) is 0 Å². The molecule has 0 heterocycles. The zero-order valence-electron chi connectivity index (χ0n) is 22.1. The lowest BCUT2D eigenvalue weighted by atomic mass is 10.1. The van der Waals surface area contributed by atoms with E-state index in [4.69, 9.17) is 4.52 Å². The highest BCUT2D eigenvalue weighted by Crippen LogP contribution is 2.51. The summed E-state index contributed by atoms with van der Waals surface area (Å²) < 4.78 is 18.6. The third-order valence-electron chi connectivity index (χ3n) is 5.89. The first-order valence-corrected chi connectivity index (χ1v) is 15.0. The monoisotopic (exact) mass is 472 g/mol. The van der Waals surface area contributed by atoms with Gasteiger partial charge in [-0.3, -0.25) is 4.57 Å². The number of hydrogen-bond acceptors (Lipinski definition) is 2. The van der Waals surface area contributed by atoms with Gasteiger partial charge in [0, 0.05) is 6.42 Å².